The predicted molar refractivity (Wildman–Crippen MR) is 79.0 cm³/mol. The van der Waals surface area contributed by atoms with Crippen molar-refractivity contribution in [2.24, 2.45) is 0 Å². The normalized spacial score (nSPS) is 12.6. The Balaban J connectivity index is 2.51. The maximum atomic E-state index is 5.88. The minimum absolute atomic E-state index is 0.374. The van der Waals surface area contributed by atoms with Gasteiger partial charge >= 0.3 is 0 Å². The molecule has 1 aromatic rings. The first-order chi connectivity index (χ1) is 8.77. The summed E-state index contributed by atoms with van der Waals surface area (Å²) in [5.41, 5.74) is 1.12. The molecule has 0 aliphatic carbocycles. The summed E-state index contributed by atoms with van der Waals surface area (Å²) in [6, 6.07) is 4.34. The number of nitrogens with zero attached hydrogens (tertiary/aromatic N) is 1. The number of unbranched alkanes of at least 4 members (excludes halogenated alkanes) is 3. The Morgan fingerprint density at radius 3 is 2.61 bits per heavy atom. The van der Waals surface area contributed by atoms with Gasteiger partial charge in [0.05, 0.1) is 10.7 Å². The highest BCUT2D eigenvalue weighted by Crippen LogP contribution is 2.19. The van der Waals surface area contributed by atoms with Gasteiger partial charge in [-0.05, 0) is 31.5 Å². The Labute approximate surface area is 116 Å². The number of hydrogen-bond acceptors (Lipinski definition) is 2. The molecule has 0 fully saturated rings. The van der Waals surface area contributed by atoms with E-state index < -0.39 is 0 Å². The lowest BCUT2D eigenvalue weighted by atomic mass is 10.0. The number of pyridine rings is 1. The van der Waals surface area contributed by atoms with E-state index in [9.17, 15) is 0 Å². The van der Waals surface area contributed by atoms with Crippen molar-refractivity contribution in [3.05, 3.63) is 29.0 Å². The van der Waals surface area contributed by atoms with E-state index in [1.54, 1.807) is 6.20 Å². The number of rotatable bonds is 9. The highest BCUT2D eigenvalue weighted by Gasteiger charge is 2.11. The fourth-order valence-electron chi connectivity index (χ4n) is 2.04. The topological polar surface area (TPSA) is 24.9 Å². The number of aromatic nitrogens is 1. The molecule has 1 N–H and O–H groups in total. The second-order valence-electron chi connectivity index (χ2n) is 4.76. The molecule has 0 spiro atoms. The van der Waals surface area contributed by atoms with Crippen molar-refractivity contribution in [3.8, 4) is 0 Å². The van der Waals surface area contributed by atoms with Crippen LogP contribution in [0.25, 0.3) is 0 Å². The molecule has 18 heavy (non-hydrogen) atoms. The molecule has 0 saturated heterocycles. The van der Waals surface area contributed by atoms with Crippen LogP contribution in [0, 0.1) is 0 Å². The molecule has 2 nitrogen and oxygen atoms in total. The zero-order valence-corrected chi connectivity index (χ0v) is 12.3. The van der Waals surface area contributed by atoms with Crippen molar-refractivity contribution >= 4 is 11.6 Å². The number of hydrogen-bond donors (Lipinski definition) is 1. The summed E-state index contributed by atoms with van der Waals surface area (Å²) in [6.45, 7) is 5.48. The third-order valence-electron chi connectivity index (χ3n) is 3.09. The third kappa shape index (κ3) is 5.83. The van der Waals surface area contributed by atoms with Crippen LogP contribution in [-0.4, -0.2) is 11.5 Å². The molecule has 1 atom stereocenters. The van der Waals surface area contributed by atoms with Crippen molar-refractivity contribution in [1.82, 2.24) is 10.3 Å². The standard InChI is InChI=1S/C15H25ClN2/c1-3-5-6-7-8-14(17-11-4-2)15-10-9-13(16)12-18-15/h9-10,12,14,17H,3-8,11H2,1-2H3. The van der Waals surface area contributed by atoms with E-state index in [1.807, 2.05) is 12.1 Å². The third-order valence-corrected chi connectivity index (χ3v) is 3.32. The molecular weight excluding hydrogens is 244 g/mol. The van der Waals surface area contributed by atoms with Gasteiger partial charge in [-0.2, -0.15) is 0 Å². The molecule has 0 aromatic carbocycles. The minimum atomic E-state index is 0.374. The first-order valence-corrected chi connectivity index (χ1v) is 7.50. The fourth-order valence-corrected chi connectivity index (χ4v) is 2.15. The second kappa shape index (κ2) is 9.35. The molecule has 0 radical (unpaired) electrons. The lowest BCUT2D eigenvalue weighted by molar-refractivity contribution is 0.462. The summed E-state index contributed by atoms with van der Waals surface area (Å²) >= 11 is 5.88. The van der Waals surface area contributed by atoms with Crippen LogP contribution in [0.3, 0.4) is 0 Å². The first-order valence-electron chi connectivity index (χ1n) is 7.12. The van der Waals surface area contributed by atoms with Gasteiger partial charge in [-0.1, -0.05) is 51.1 Å². The molecule has 0 saturated carbocycles. The molecular formula is C15H25ClN2. The fraction of sp³-hybridized carbons (Fsp3) is 0.667. The van der Waals surface area contributed by atoms with Crippen LogP contribution in [0.2, 0.25) is 5.02 Å². The van der Waals surface area contributed by atoms with Crippen LogP contribution in [0.4, 0.5) is 0 Å². The maximum Gasteiger partial charge on any atom is 0.0589 e. The highest BCUT2D eigenvalue weighted by atomic mass is 35.5. The smallest absolute Gasteiger partial charge is 0.0589 e. The molecule has 0 bridgehead atoms. The van der Waals surface area contributed by atoms with Crippen LogP contribution in [0.1, 0.15) is 64.1 Å². The summed E-state index contributed by atoms with van der Waals surface area (Å²) in [5, 5.41) is 4.28. The van der Waals surface area contributed by atoms with Gasteiger partial charge in [-0.15, -0.1) is 0 Å². The largest absolute Gasteiger partial charge is 0.309 e. The quantitative estimate of drug-likeness (QED) is 0.654. The van der Waals surface area contributed by atoms with E-state index in [1.165, 1.54) is 25.7 Å². The van der Waals surface area contributed by atoms with E-state index in [4.69, 9.17) is 11.6 Å². The van der Waals surface area contributed by atoms with Crippen LogP contribution >= 0.6 is 11.6 Å². The second-order valence-corrected chi connectivity index (χ2v) is 5.19. The van der Waals surface area contributed by atoms with E-state index in [0.717, 1.165) is 25.1 Å². The average molecular weight is 269 g/mol. The maximum absolute atomic E-state index is 5.88. The molecule has 0 amide bonds. The molecule has 1 rings (SSSR count). The summed E-state index contributed by atoms with van der Waals surface area (Å²) in [6.07, 6.45) is 9.24. The van der Waals surface area contributed by atoms with Crippen molar-refractivity contribution in [2.45, 2.75) is 58.4 Å². The SMILES string of the molecule is CCCCCCC(NCCC)c1ccc(Cl)cn1. The number of nitrogens with one attached hydrogen (secondary N) is 1. The Morgan fingerprint density at radius 1 is 1.17 bits per heavy atom. The van der Waals surface area contributed by atoms with Gasteiger partial charge < -0.3 is 5.32 Å². The van der Waals surface area contributed by atoms with Crippen LogP contribution in [-0.2, 0) is 0 Å². The van der Waals surface area contributed by atoms with Gasteiger partial charge in [-0.25, -0.2) is 0 Å². The summed E-state index contributed by atoms with van der Waals surface area (Å²) in [7, 11) is 0. The molecule has 3 heteroatoms. The van der Waals surface area contributed by atoms with Crippen molar-refractivity contribution in [2.75, 3.05) is 6.54 Å². The monoisotopic (exact) mass is 268 g/mol. The van der Waals surface area contributed by atoms with Gasteiger partial charge in [-0.3, -0.25) is 4.98 Å². The van der Waals surface area contributed by atoms with Crippen LogP contribution in [0.5, 0.6) is 0 Å². The zero-order chi connectivity index (χ0) is 13.2. The Bertz CT molecular complexity index is 311. The molecule has 0 aliphatic heterocycles. The highest BCUT2D eigenvalue weighted by molar-refractivity contribution is 6.30. The van der Waals surface area contributed by atoms with Crippen LogP contribution in [0.15, 0.2) is 18.3 Å². The van der Waals surface area contributed by atoms with Crippen LogP contribution < -0.4 is 5.32 Å². The molecule has 1 aromatic heterocycles. The average Bonchev–Trinajstić information content (AvgIpc) is 2.39. The summed E-state index contributed by atoms with van der Waals surface area (Å²) in [5.74, 6) is 0. The minimum Gasteiger partial charge on any atom is -0.309 e. The van der Waals surface area contributed by atoms with Gasteiger partial charge in [0.15, 0.2) is 0 Å². The van der Waals surface area contributed by atoms with Crippen molar-refractivity contribution in [1.29, 1.82) is 0 Å². The zero-order valence-electron chi connectivity index (χ0n) is 11.6. The molecule has 102 valence electrons. The lowest BCUT2D eigenvalue weighted by Gasteiger charge is -2.18. The first kappa shape index (κ1) is 15.5. The van der Waals surface area contributed by atoms with E-state index in [2.05, 4.69) is 24.1 Å². The Hall–Kier alpha value is -0.600. The summed E-state index contributed by atoms with van der Waals surface area (Å²) < 4.78 is 0. The van der Waals surface area contributed by atoms with Gasteiger partial charge in [0, 0.05) is 12.2 Å². The lowest BCUT2D eigenvalue weighted by Crippen LogP contribution is -2.23. The van der Waals surface area contributed by atoms with E-state index in [-0.39, 0.29) is 0 Å². The molecule has 0 aliphatic rings. The van der Waals surface area contributed by atoms with E-state index >= 15 is 0 Å². The number of halogens is 1. The molecule has 1 unspecified atom stereocenters. The van der Waals surface area contributed by atoms with Crippen molar-refractivity contribution in [3.63, 3.8) is 0 Å². The Kier molecular flexibility index (Phi) is 8.03. The van der Waals surface area contributed by atoms with Gasteiger partial charge in [0.1, 0.15) is 0 Å². The van der Waals surface area contributed by atoms with Crippen molar-refractivity contribution < 1.29 is 0 Å². The van der Waals surface area contributed by atoms with Gasteiger partial charge in [0.2, 0.25) is 0 Å². The van der Waals surface area contributed by atoms with Gasteiger partial charge in [0.25, 0.3) is 0 Å². The predicted octanol–water partition coefficient (Wildman–Crippen LogP) is 4.75. The molecule has 1 heterocycles. The Morgan fingerprint density at radius 2 is 2.00 bits per heavy atom. The van der Waals surface area contributed by atoms with E-state index in [0.29, 0.717) is 11.1 Å². The summed E-state index contributed by atoms with van der Waals surface area (Å²) in [4.78, 5) is 4.44.